The second-order valence-corrected chi connectivity index (χ2v) is 6.36. The smallest absolute Gasteiger partial charge is 0.0576 e. The summed E-state index contributed by atoms with van der Waals surface area (Å²) < 4.78 is 7.10. The van der Waals surface area contributed by atoms with Gasteiger partial charge in [-0.25, -0.2) is 0 Å². The lowest BCUT2D eigenvalue weighted by atomic mass is 10.0. The number of nitrogens with one attached hydrogen (secondary N) is 1. The fraction of sp³-hybridized carbons (Fsp3) is 0.500. The van der Waals surface area contributed by atoms with Gasteiger partial charge in [0.1, 0.15) is 0 Å². The Labute approximate surface area is 118 Å². The highest BCUT2D eigenvalue weighted by atomic mass is 32.1. The lowest BCUT2D eigenvalue weighted by Crippen LogP contribution is -2.17. The summed E-state index contributed by atoms with van der Waals surface area (Å²) in [5, 5.41) is 4.82. The molecule has 2 aromatic rings. The van der Waals surface area contributed by atoms with Gasteiger partial charge in [-0.05, 0) is 50.2 Å². The quantitative estimate of drug-likeness (QED) is 0.886. The third-order valence-electron chi connectivity index (χ3n) is 3.94. The van der Waals surface area contributed by atoms with Gasteiger partial charge in [-0.1, -0.05) is 18.2 Å². The number of hydrogen-bond acceptors (Lipinski definition) is 3. The summed E-state index contributed by atoms with van der Waals surface area (Å²) in [6.45, 7) is 0.956. The predicted molar refractivity (Wildman–Crippen MR) is 81.8 cm³/mol. The largest absolute Gasteiger partial charge is 0.378 e. The summed E-state index contributed by atoms with van der Waals surface area (Å²) in [5.41, 5.74) is 0. The molecule has 19 heavy (non-hydrogen) atoms. The highest BCUT2D eigenvalue weighted by Gasteiger charge is 2.19. The molecule has 2 heterocycles. The molecule has 1 fully saturated rings. The Morgan fingerprint density at radius 1 is 1.42 bits per heavy atom. The third-order valence-corrected chi connectivity index (χ3v) is 5.17. The minimum absolute atomic E-state index is 0.460. The minimum atomic E-state index is 0.460. The van der Waals surface area contributed by atoms with Crippen LogP contribution in [0.4, 0.5) is 0 Å². The number of benzene rings is 1. The number of hydrogen-bond donors (Lipinski definition) is 1. The van der Waals surface area contributed by atoms with Crippen molar-refractivity contribution in [2.75, 3.05) is 13.7 Å². The van der Waals surface area contributed by atoms with Crippen molar-refractivity contribution in [3.8, 4) is 0 Å². The van der Waals surface area contributed by atoms with Crippen LogP contribution in [-0.4, -0.2) is 19.8 Å². The molecule has 102 valence electrons. The van der Waals surface area contributed by atoms with E-state index in [1.165, 1.54) is 34.2 Å². The molecule has 0 saturated carbocycles. The average Bonchev–Trinajstić information content (AvgIpc) is 3.08. The van der Waals surface area contributed by atoms with Crippen LogP contribution in [-0.2, 0) is 4.74 Å². The summed E-state index contributed by atoms with van der Waals surface area (Å²) in [4.78, 5) is 1.45. The molecule has 2 nitrogen and oxygen atoms in total. The fourth-order valence-corrected chi connectivity index (χ4v) is 4.04. The van der Waals surface area contributed by atoms with Gasteiger partial charge < -0.3 is 10.1 Å². The zero-order valence-electron chi connectivity index (χ0n) is 11.4. The summed E-state index contributed by atoms with van der Waals surface area (Å²) in [6, 6.07) is 11.4. The van der Waals surface area contributed by atoms with E-state index in [4.69, 9.17) is 4.74 Å². The van der Waals surface area contributed by atoms with E-state index in [-0.39, 0.29) is 0 Å². The average molecular weight is 275 g/mol. The molecule has 3 heteroatoms. The molecule has 0 spiro atoms. The van der Waals surface area contributed by atoms with Crippen LogP contribution >= 0.6 is 11.3 Å². The molecule has 0 amide bonds. The second kappa shape index (κ2) is 6.04. The van der Waals surface area contributed by atoms with Crippen LogP contribution in [0.3, 0.4) is 0 Å². The van der Waals surface area contributed by atoms with E-state index in [9.17, 15) is 0 Å². The standard InChI is InChI=1S/C16H21NOS/c1-17-14(9-8-13-6-4-10-18-13)16-11-12-5-2-3-7-15(12)19-16/h2-3,5,7,11,13-14,17H,4,6,8-10H2,1H3. The molecule has 2 atom stereocenters. The normalized spacial score (nSPS) is 21.0. The third kappa shape index (κ3) is 2.99. The SMILES string of the molecule is CNC(CCC1CCCO1)c1cc2ccccc2s1. The van der Waals surface area contributed by atoms with Gasteiger partial charge in [0.2, 0.25) is 0 Å². The van der Waals surface area contributed by atoms with Crippen molar-refractivity contribution in [1.29, 1.82) is 0 Å². The molecule has 1 aliphatic rings. The van der Waals surface area contributed by atoms with Crippen molar-refractivity contribution in [2.24, 2.45) is 0 Å². The molecule has 1 aromatic carbocycles. The number of thiophene rings is 1. The first-order valence-corrected chi connectivity index (χ1v) is 7.96. The van der Waals surface area contributed by atoms with Crippen LogP contribution in [0.2, 0.25) is 0 Å². The molecular weight excluding hydrogens is 254 g/mol. The lowest BCUT2D eigenvalue weighted by molar-refractivity contribution is 0.0999. The maximum absolute atomic E-state index is 5.72. The fourth-order valence-electron chi connectivity index (χ4n) is 2.83. The first kappa shape index (κ1) is 13.1. The van der Waals surface area contributed by atoms with E-state index >= 15 is 0 Å². The number of fused-ring (bicyclic) bond motifs is 1. The molecule has 1 aliphatic heterocycles. The van der Waals surface area contributed by atoms with Crippen LogP contribution in [0.1, 0.15) is 36.6 Å². The van der Waals surface area contributed by atoms with Gasteiger partial charge in [0.05, 0.1) is 6.10 Å². The van der Waals surface area contributed by atoms with Crippen LogP contribution in [0.15, 0.2) is 30.3 Å². The molecule has 1 N–H and O–H groups in total. The van der Waals surface area contributed by atoms with E-state index in [1.807, 2.05) is 11.3 Å². The van der Waals surface area contributed by atoms with Crippen LogP contribution in [0.5, 0.6) is 0 Å². The highest BCUT2D eigenvalue weighted by molar-refractivity contribution is 7.19. The Hall–Kier alpha value is -0.900. The van der Waals surface area contributed by atoms with Crippen molar-refractivity contribution in [2.45, 2.75) is 37.8 Å². The topological polar surface area (TPSA) is 21.3 Å². The van der Waals surface area contributed by atoms with Gasteiger partial charge in [0.15, 0.2) is 0 Å². The first-order chi connectivity index (χ1) is 9.36. The van der Waals surface area contributed by atoms with Crippen LogP contribution < -0.4 is 5.32 Å². The van der Waals surface area contributed by atoms with Gasteiger partial charge >= 0.3 is 0 Å². The first-order valence-electron chi connectivity index (χ1n) is 7.14. The summed E-state index contributed by atoms with van der Waals surface area (Å²) in [7, 11) is 2.06. The summed E-state index contributed by atoms with van der Waals surface area (Å²) >= 11 is 1.91. The van der Waals surface area contributed by atoms with E-state index in [0.29, 0.717) is 12.1 Å². The Morgan fingerprint density at radius 2 is 2.32 bits per heavy atom. The highest BCUT2D eigenvalue weighted by Crippen LogP contribution is 2.32. The molecule has 1 aromatic heterocycles. The molecule has 3 rings (SSSR count). The zero-order chi connectivity index (χ0) is 13.1. The number of ether oxygens (including phenoxy) is 1. The zero-order valence-corrected chi connectivity index (χ0v) is 12.2. The van der Waals surface area contributed by atoms with E-state index in [1.54, 1.807) is 0 Å². The van der Waals surface area contributed by atoms with Crippen molar-refractivity contribution in [3.05, 3.63) is 35.2 Å². The van der Waals surface area contributed by atoms with E-state index in [2.05, 4.69) is 42.7 Å². The monoisotopic (exact) mass is 275 g/mol. The Morgan fingerprint density at radius 3 is 3.05 bits per heavy atom. The van der Waals surface area contributed by atoms with Gasteiger partial charge in [-0.3, -0.25) is 0 Å². The van der Waals surface area contributed by atoms with Crippen LogP contribution in [0.25, 0.3) is 10.1 Å². The van der Waals surface area contributed by atoms with Crippen molar-refractivity contribution in [1.82, 2.24) is 5.32 Å². The van der Waals surface area contributed by atoms with E-state index < -0.39 is 0 Å². The Kier molecular flexibility index (Phi) is 4.16. The van der Waals surface area contributed by atoms with E-state index in [0.717, 1.165) is 13.0 Å². The number of rotatable bonds is 5. The molecule has 1 saturated heterocycles. The molecule has 2 unspecified atom stereocenters. The minimum Gasteiger partial charge on any atom is -0.378 e. The van der Waals surface area contributed by atoms with Gasteiger partial charge in [0.25, 0.3) is 0 Å². The van der Waals surface area contributed by atoms with Gasteiger partial charge in [-0.2, -0.15) is 0 Å². The van der Waals surface area contributed by atoms with Crippen LogP contribution in [0, 0.1) is 0 Å². The maximum Gasteiger partial charge on any atom is 0.0576 e. The van der Waals surface area contributed by atoms with Crippen molar-refractivity contribution < 1.29 is 4.74 Å². The predicted octanol–water partition coefficient (Wildman–Crippen LogP) is 4.12. The maximum atomic E-state index is 5.72. The van der Waals surface area contributed by atoms with Crippen molar-refractivity contribution >= 4 is 21.4 Å². The molecule has 0 aliphatic carbocycles. The summed E-state index contributed by atoms with van der Waals surface area (Å²) in [6.07, 6.45) is 5.29. The molecule has 0 radical (unpaired) electrons. The molecule has 0 bridgehead atoms. The Balaban J connectivity index is 1.69. The lowest BCUT2D eigenvalue weighted by Gasteiger charge is -2.16. The molecular formula is C16H21NOS. The van der Waals surface area contributed by atoms with Crippen molar-refractivity contribution in [3.63, 3.8) is 0 Å². The van der Waals surface area contributed by atoms with Gasteiger partial charge in [0, 0.05) is 22.2 Å². The second-order valence-electron chi connectivity index (χ2n) is 5.24. The summed E-state index contributed by atoms with van der Waals surface area (Å²) in [5.74, 6) is 0. The van der Waals surface area contributed by atoms with Gasteiger partial charge in [-0.15, -0.1) is 11.3 Å². The Bertz CT molecular complexity index is 497.